The second-order valence-corrected chi connectivity index (χ2v) is 6.54. The number of nitrogens with one attached hydrogen (secondary N) is 1. The largest absolute Gasteiger partial charge is 0.370 e. The Labute approximate surface area is 118 Å². The first kappa shape index (κ1) is 16.4. The summed E-state index contributed by atoms with van der Waals surface area (Å²) in [7, 11) is 0. The number of hydrogen-bond donors (Lipinski definition) is 1. The van der Waals surface area contributed by atoms with Crippen molar-refractivity contribution >= 4 is 0 Å². The van der Waals surface area contributed by atoms with Crippen LogP contribution < -0.4 is 5.32 Å². The van der Waals surface area contributed by atoms with Crippen LogP contribution in [0.4, 0.5) is 0 Å². The van der Waals surface area contributed by atoms with Crippen molar-refractivity contribution in [2.75, 3.05) is 26.2 Å². The van der Waals surface area contributed by atoms with Crippen LogP contribution in [0.3, 0.4) is 0 Å². The molecule has 1 saturated heterocycles. The molecule has 1 fully saturated rings. The summed E-state index contributed by atoms with van der Waals surface area (Å²) in [4.78, 5) is 2.41. The third-order valence-corrected chi connectivity index (χ3v) is 3.58. The standard InChI is InChI=1S/C15H29N3O/c1-6-8-17-15(5,11-16)7-9-18-10-13(2)19-14(3,4)12-18/h13,17H,6-10,12H2,1-5H3. The lowest BCUT2D eigenvalue weighted by atomic mass is 9.98. The van der Waals surface area contributed by atoms with Gasteiger partial charge in [0, 0.05) is 19.6 Å². The van der Waals surface area contributed by atoms with Crippen LogP contribution in [0.5, 0.6) is 0 Å². The van der Waals surface area contributed by atoms with E-state index in [1.165, 1.54) is 0 Å². The van der Waals surface area contributed by atoms with Gasteiger partial charge in [-0.1, -0.05) is 6.92 Å². The Morgan fingerprint density at radius 2 is 2.21 bits per heavy atom. The summed E-state index contributed by atoms with van der Waals surface area (Å²) in [6.45, 7) is 14.2. The van der Waals surface area contributed by atoms with Crippen LogP contribution in [0, 0.1) is 11.3 Å². The molecule has 0 aliphatic carbocycles. The number of ether oxygens (including phenoxy) is 1. The summed E-state index contributed by atoms with van der Waals surface area (Å²) < 4.78 is 5.90. The third kappa shape index (κ3) is 5.48. The van der Waals surface area contributed by atoms with Crippen molar-refractivity contribution in [3.63, 3.8) is 0 Å². The molecule has 1 heterocycles. The summed E-state index contributed by atoms with van der Waals surface area (Å²) in [6, 6.07) is 2.42. The molecule has 0 aromatic carbocycles. The zero-order chi connectivity index (χ0) is 14.5. The molecule has 0 amide bonds. The molecule has 1 aliphatic heterocycles. The molecule has 0 saturated carbocycles. The minimum atomic E-state index is -0.415. The highest BCUT2D eigenvalue weighted by molar-refractivity contribution is 5.04. The highest BCUT2D eigenvalue weighted by atomic mass is 16.5. The molecule has 2 unspecified atom stereocenters. The number of hydrogen-bond acceptors (Lipinski definition) is 4. The van der Waals surface area contributed by atoms with Gasteiger partial charge < -0.3 is 4.74 Å². The monoisotopic (exact) mass is 267 g/mol. The van der Waals surface area contributed by atoms with Crippen LogP contribution in [0.25, 0.3) is 0 Å². The zero-order valence-electron chi connectivity index (χ0n) is 13.1. The lowest BCUT2D eigenvalue weighted by Gasteiger charge is -2.42. The van der Waals surface area contributed by atoms with Crippen LogP contribution in [0.15, 0.2) is 0 Å². The van der Waals surface area contributed by atoms with Crippen molar-refractivity contribution in [1.82, 2.24) is 10.2 Å². The fraction of sp³-hybridized carbons (Fsp3) is 0.933. The second kappa shape index (κ2) is 6.69. The van der Waals surface area contributed by atoms with Gasteiger partial charge in [-0.3, -0.25) is 10.2 Å². The Morgan fingerprint density at radius 3 is 2.74 bits per heavy atom. The summed E-state index contributed by atoms with van der Waals surface area (Å²) >= 11 is 0. The van der Waals surface area contributed by atoms with E-state index in [1.807, 2.05) is 6.92 Å². The third-order valence-electron chi connectivity index (χ3n) is 3.58. The molecule has 0 radical (unpaired) electrons. The molecule has 110 valence electrons. The van der Waals surface area contributed by atoms with Crippen molar-refractivity contribution in [2.24, 2.45) is 0 Å². The van der Waals surface area contributed by atoms with E-state index in [1.54, 1.807) is 0 Å². The van der Waals surface area contributed by atoms with Gasteiger partial charge in [-0.2, -0.15) is 5.26 Å². The normalized spacial score (nSPS) is 26.6. The van der Waals surface area contributed by atoms with Gasteiger partial charge in [-0.15, -0.1) is 0 Å². The molecule has 1 aliphatic rings. The van der Waals surface area contributed by atoms with Gasteiger partial charge in [0.2, 0.25) is 0 Å². The van der Waals surface area contributed by atoms with E-state index in [0.717, 1.165) is 39.0 Å². The van der Waals surface area contributed by atoms with E-state index >= 15 is 0 Å². The number of nitrogens with zero attached hydrogens (tertiary/aromatic N) is 2. The fourth-order valence-corrected chi connectivity index (χ4v) is 2.72. The molecule has 0 aromatic rings. The highest BCUT2D eigenvalue weighted by Gasteiger charge is 2.32. The lowest BCUT2D eigenvalue weighted by molar-refractivity contribution is -0.129. The maximum atomic E-state index is 9.34. The molecule has 4 heteroatoms. The van der Waals surface area contributed by atoms with E-state index in [9.17, 15) is 5.26 Å². The number of nitriles is 1. The van der Waals surface area contributed by atoms with E-state index in [2.05, 4.69) is 44.0 Å². The summed E-state index contributed by atoms with van der Waals surface area (Å²) in [5.41, 5.74) is -0.501. The van der Waals surface area contributed by atoms with Gasteiger partial charge >= 0.3 is 0 Å². The smallest absolute Gasteiger partial charge is 0.105 e. The molecular weight excluding hydrogens is 238 g/mol. The first-order valence-corrected chi connectivity index (χ1v) is 7.37. The zero-order valence-corrected chi connectivity index (χ0v) is 13.1. The molecule has 1 rings (SSSR count). The minimum Gasteiger partial charge on any atom is -0.370 e. The molecule has 0 bridgehead atoms. The average Bonchev–Trinajstić information content (AvgIpc) is 2.31. The molecule has 2 atom stereocenters. The molecule has 19 heavy (non-hydrogen) atoms. The van der Waals surface area contributed by atoms with Gasteiger partial charge in [0.1, 0.15) is 5.54 Å². The van der Waals surface area contributed by atoms with Gasteiger partial charge in [0.05, 0.1) is 17.8 Å². The van der Waals surface area contributed by atoms with Crippen molar-refractivity contribution in [2.45, 2.75) is 64.7 Å². The maximum Gasteiger partial charge on any atom is 0.105 e. The predicted molar refractivity (Wildman–Crippen MR) is 78.0 cm³/mol. The number of rotatable bonds is 6. The quantitative estimate of drug-likeness (QED) is 0.801. The SMILES string of the molecule is CCCNC(C)(C#N)CCN1CC(C)OC(C)(C)C1. The van der Waals surface area contributed by atoms with Gasteiger partial charge in [0.15, 0.2) is 0 Å². The first-order chi connectivity index (χ1) is 8.80. The first-order valence-electron chi connectivity index (χ1n) is 7.37. The fourth-order valence-electron chi connectivity index (χ4n) is 2.72. The van der Waals surface area contributed by atoms with Crippen LogP contribution in [0.2, 0.25) is 0 Å². The van der Waals surface area contributed by atoms with E-state index < -0.39 is 5.54 Å². The average molecular weight is 267 g/mol. The van der Waals surface area contributed by atoms with Crippen LogP contribution in [0.1, 0.15) is 47.5 Å². The predicted octanol–water partition coefficient (Wildman–Crippen LogP) is 2.16. The van der Waals surface area contributed by atoms with Crippen molar-refractivity contribution in [1.29, 1.82) is 5.26 Å². The van der Waals surface area contributed by atoms with Crippen LogP contribution >= 0.6 is 0 Å². The van der Waals surface area contributed by atoms with Crippen molar-refractivity contribution in [3.8, 4) is 6.07 Å². The lowest BCUT2D eigenvalue weighted by Crippen LogP contribution is -2.53. The van der Waals surface area contributed by atoms with Crippen molar-refractivity contribution < 1.29 is 4.74 Å². The summed E-state index contributed by atoms with van der Waals surface area (Å²) in [6.07, 6.45) is 2.17. The summed E-state index contributed by atoms with van der Waals surface area (Å²) in [5, 5.41) is 12.7. The Hall–Kier alpha value is -0.630. The van der Waals surface area contributed by atoms with E-state index in [4.69, 9.17) is 4.74 Å². The highest BCUT2D eigenvalue weighted by Crippen LogP contribution is 2.21. The molecule has 1 N–H and O–H groups in total. The Bertz CT molecular complexity index is 324. The van der Waals surface area contributed by atoms with E-state index in [-0.39, 0.29) is 11.7 Å². The van der Waals surface area contributed by atoms with Crippen molar-refractivity contribution in [3.05, 3.63) is 0 Å². The molecular formula is C15H29N3O. The second-order valence-electron chi connectivity index (χ2n) is 6.54. The molecule has 4 nitrogen and oxygen atoms in total. The topological polar surface area (TPSA) is 48.3 Å². The Morgan fingerprint density at radius 1 is 1.53 bits per heavy atom. The number of morpholine rings is 1. The molecule has 0 spiro atoms. The Kier molecular flexibility index (Phi) is 5.79. The molecule has 0 aromatic heterocycles. The van der Waals surface area contributed by atoms with Gasteiger partial charge in [-0.25, -0.2) is 0 Å². The Balaban J connectivity index is 2.48. The van der Waals surface area contributed by atoms with Crippen LogP contribution in [-0.2, 0) is 4.74 Å². The van der Waals surface area contributed by atoms with Crippen LogP contribution in [-0.4, -0.2) is 48.3 Å². The van der Waals surface area contributed by atoms with Gasteiger partial charge in [0.25, 0.3) is 0 Å². The minimum absolute atomic E-state index is 0.0858. The summed E-state index contributed by atoms with van der Waals surface area (Å²) in [5.74, 6) is 0. The van der Waals surface area contributed by atoms with Gasteiger partial charge in [-0.05, 0) is 47.1 Å². The van der Waals surface area contributed by atoms with E-state index in [0.29, 0.717) is 0 Å². The maximum absolute atomic E-state index is 9.34.